The first-order chi connectivity index (χ1) is 7.63. The molecule has 80 valence electrons. The molecule has 2 N–H and O–H groups in total. The summed E-state index contributed by atoms with van der Waals surface area (Å²) in [6, 6.07) is 7.23. The number of nitrogens with two attached hydrogens (primary N) is 1. The molecule has 0 amide bonds. The standard InChI is InChI=1S/C11H8ClN3O/c1-6-7(3-2-4-8(6)12)11-15-9(5-13)10(14)16-11/h2-4H,14H2,1H3. The predicted octanol–water partition coefficient (Wildman–Crippen LogP) is 2.76. The number of anilines is 1. The summed E-state index contributed by atoms with van der Waals surface area (Å²) in [5.41, 5.74) is 7.16. The van der Waals surface area contributed by atoms with Gasteiger partial charge in [-0.25, -0.2) is 0 Å². The van der Waals surface area contributed by atoms with Gasteiger partial charge < -0.3 is 10.2 Å². The molecule has 1 heterocycles. The van der Waals surface area contributed by atoms with Gasteiger partial charge in [0, 0.05) is 10.6 Å². The van der Waals surface area contributed by atoms with Crippen LogP contribution in [0.4, 0.5) is 5.88 Å². The van der Waals surface area contributed by atoms with E-state index in [0.717, 1.165) is 11.1 Å². The number of oxazole rings is 1. The molecule has 16 heavy (non-hydrogen) atoms. The van der Waals surface area contributed by atoms with Crippen molar-refractivity contribution in [1.29, 1.82) is 5.26 Å². The average Bonchev–Trinajstić information content (AvgIpc) is 2.63. The number of aromatic nitrogens is 1. The van der Waals surface area contributed by atoms with Crippen LogP contribution in [-0.4, -0.2) is 4.98 Å². The van der Waals surface area contributed by atoms with Crippen LogP contribution in [0.5, 0.6) is 0 Å². The summed E-state index contributed by atoms with van der Waals surface area (Å²) in [7, 11) is 0. The number of nitrogens with zero attached hydrogens (tertiary/aromatic N) is 2. The number of nitrogen functional groups attached to an aromatic ring is 1. The second-order valence-electron chi connectivity index (χ2n) is 3.26. The number of hydrogen-bond acceptors (Lipinski definition) is 4. The molecule has 4 nitrogen and oxygen atoms in total. The van der Waals surface area contributed by atoms with Gasteiger partial charge in [0.25, 0.3) is 0 Å². The first kappa shape index (κ1) is 10.5. The molecule has 0 aliphatic rings. The van der Waals surface area contributed by atoms with Crippen molar-refractivity contribution in [2.45, 2.75) is 6.92 Å². The smallest absolute Gasteiger partial charge is 0.230 e. The molecular weight excluding hydrogens is 226 g/mol. The first-order valence-electron chi connectivity index (χ1n) is 4.55. The fourth-order valence-electron chi connectivity index (χ4n) is 1.37. The summed E-state index contributed by atoms with van der Waals surface area (Å²) >= 11 is 5.98. The molecule has 0 saturated heterocycles. The summed E-state index contributed by atoms with van der Waals surface area (Å²) in [6.07, 6.45) is 0. The molecule has 0 saturated carbocycles. The molecule has 2 rings (SSSR count). The van der Waals surface area contributed by atoms with Crippen LogP contribution in [0.15, 0.2) is 22.6 Å². The Labute approximate surface area is 97.3 Å². The lowest BCUT2D eigenvalue weighted by molar-refractivity contribution is 0.593. The maximum atomic E-state index is 8.72. The Morgan fingerprint density at radius 1 is 1.50 bits per heavy atom. The van der Waals surface area contributed by atoms with Gasteiger partial charge in [-0.05, 0) is 24.6 Å². The normalized spacial score (nSPS) is 10.1. The first-order valence-corrected chi connectivity index (χ1v) is 4.93. The molecule has 2 aromatic rings. The topological polar surface area (TPSA) is 75.8 Å². The van der Waals surface area contributed by atoms with E-state index in [1.54, 1.807) is 12.1 Å². The zero-order valence-electron chi connectivity index (χ0n) is 8.49. The second-order valence-corrected chi connectivity index (χ2v) is 3.66. The van der Waals surface area contributed by atoms with E-state index in [1.807, 2.05) is 19.1 Å². The van der Waals surface area contributed by atoms with Crippen molar-refractivity contribution in [3.8, 4) is 17.5 Å². The Balaban J connectivity index is 2.60. The molecule has 0 aliphatic heterocycles. The number of halogens is 1. The number of hydrogen-bond donors (Lipinski definition) is 1. The molecule has 5 heteroatoms. The Kier molecular flexibility index (Phi) is 2.55. The highest BCUT2D eigenvalue weighted by molar-refractivity contribution is 6.31. The van der Waals surface area contributed by atoms with Gasteiger partial charge in [0.15, 0.2) is 0 Å². The molecule has 0 atom stereocenters. The molecule has 0 unspecified atom stereocenters. The maximum Gasteiger partial charge on any atom is 0.230 e. The fourth-order valence-corrected chi connectivity index (χ4v) is 1.54. The van der Waals surface area contributed by atoms with Crippen LogP contribution in [0, 0.1) is 18.3 Å². The van der Waals surface area contributed by atoms with Crippen LogP contribution < -0.4 is 5.73 Å². The SMILES string of the molecule is Cc1c(Cl)cccc1-c1nc(C#N)c(N)o1. The third kappa shape index (κ3) is 1.62. The number of rotatable bonds is 1. The quantitative estimate of drug-likeness (QED) is 0.822. The predicted molar refractivity (Wildman–Crippen MR) is 60.8 cm³/mol. The van der Waals surface area contributed by atoms with Gasteiger partial charge in [0.05, 0.1) is 0 Å². The zero-order valence-corrected chi connectivity index (χ0v) is 9.25. The third-order valence-corrected chi connectivity index (χ3v) is 2.67. The molecule has 1 aromatic carbocycles. The number of benzene rings is 1. The van der Waals surface area contributed by atoms with E-state index in [0.29, 0.717) is 10.9 Å². The Hall–Kier alpha value is -1.99. The molecule has 0 radical (unpaired) electrons. The van der Waals surface area contributed by atoms with Crippen molar-refractivity contribution in [3.05, 3.63) is 34.5 Å². The van der Waals surface area contributed by atoms with Crippen LogP contribution >= 0.6 is 11.6 Å². The molecule has 0 fully saturated rings. The van der Waals surface area contributed by atoms with Crippen LogP contribution in [0.25, 0.3) is 11.5 Å². The number of nitriles is 1. The second kappa shape index (κ2) is 3.87. The van der Waals surface area contributed by atoms with E-state index < -0.39 is 0 Å². The van der Waals surface area contributed by atoms with Gasteiger partial charge >= 0.3 is 0 Å². The van der Waals surface area contributed by atoms with Gasteiger partial charge in [0.1, 0.15) is 6.07 Å². The van der Waals surface area contributed by atoms with E-state index in [4.69, 9.17) is 27.0 Å². The summed E-state index contributed by atoms with van der Waals surface area (Å²) in [5.74, 6) is 0.339. The minimum atomic E-state index is 0.0249. The molecule has 0 spiro atoms. The zero-order chi connectivity index (χ0) is 11.7. The van der Waals surface area contributed by atoms with Gasteiger partial charge in [0.2, 0.25) is 17.5 Å². The van der Waals surface area contributed by atoms with E-state index >= 15 is 0 Å². The lowest BCUT2D eigenvalue weighted by Gasteiger charge is -2.02. The van der Waals surface area contributed by atoms with Crippen molar-refractivity contribution >= 4 is 17.5 Å². The van der Waals surface area contributed by atoms with E-state index in [1.165, 1.54) is 0 Å². The van der Waals surface area contributed by atoms with Crippen LogP contribution in [0.2, 0.25) is 5.02 Å². The minimum absolute atomic E-state index is 0.0249. The van der Waals surface area contributed by atoms with Crippen molar-refractivity contribution in [3.63, 3.8) is 0 Å². The van der Waals surface area contributed by atoms with Gasteiger partial charge in [-0.2, -0.15) is 10.2 Å². The summed E-state index contributed by atoms with van der Waals surface area (Å²) in [4.78, 5) is 3.99. The van der Waals surface area contributed by atoms with Gasteiger partial charge in [-0.15, -0.1) is 0 Å². The van der Waals surface area contributed by atoms with E-state index in [2.05, 4.69) is 4.98 Å². The lowest BCUT2D eigenvalue weighted by atomic mass is 10.1. The molecule has 1 aromatic heterocycles. The summed E-state index contributed by atoms with van der Waals surface area (Å²) in [6.45, 7) is 1.85. The van der Waals surface area contributed by atoms with Crippen LogP contribution in [0.1, 0.15) is 11.3 Å². The average molecular weight is 234 g/mol. The largest absolute Gasteiger partial charge is 0.419 e. The highest BCUT2D eigenvalue weighted by Crippen LogP contribution is 2.29. The van der Waals surface area contributed by atoms with Crippen LogP contribution in [0.3, 0.4) is 0 Å². The maximum absolute atomic E-state index is 8.72. The van der Waals surface area contributed by atoms with Gasteiger partial charge in [-0.3, -0.25) is 0 Å². The van der Waals surface area contributed by atoms with Gasteiger partial charge in [-0.1, -0.05) is 17.7 Å². The molecular formula is C11H8ClN3O. The van der Waals surface area contributed by atoms with Crippen molar-refractivity contribution in [2.75, 3.05) is 5.73 Å². The van der Waals surface area contributed by atoms with E-state index in [9.17, 15) is 0 Å². The molecule has 0 aliphatic carbocycles. The Bertz CT molecular complexity index is 583. The molecule has 0 bridgehead atoms. The minimum Gasteiger partial charge on any atom is -0.419 e. The lowest BCUT2D eigenvalue weighted by Crippen LogP contribution is -1.85. The van der Waals surface area contributed by atoms with Crippen LogP contribution in [-0.2, 0) is 0 Å². The van der Waals surface area contributed by atoms with E-state index in [-0.39, 0.29) is 11.6 Å². The Morgan fingerprint density at radius 3 is 2.88 bits per heavy atom. The van der Waals surface area contributed by atoms with Crippen molar-refractivity contribution < 1.29 is 4.42 Å². The van der Waals surface area contributed by atoms with Crippen molar-refractivity contribution in [1.82, 2.24) is 4.98 Å². The highest BCUT2D eigenvalue weighted by Gasteiger charge is 2.14. The third-order valence-electron chi connectivity index (χ3n) is 2.26. The fraction of sp³-hybridized carbons (Fsp3) is 0.0909. The highest BCUT2D eigenvalue weighted by atomic mass is 35.5. The Morgan fingerprint density at radius 2 is 2.25 bits per heavy atom. The van der Waals surface area contributed by atoms with Crippen molar-refractivity contribution in [2.24, 2.45) is 0 Å². The summed E-state index contributed by atoms with van der Waals surface area (Å²) in [5, 5.41) is 9.34. The monoisotopic (exact) mass is 233 g/mol. The summed E-state index contributed by atoms with van der Waals surface area (Å²) < 4.78 is 5.21.